The Morgan fingerprint density at radius 2 is 2.26 bits per heavy atom. The number of aryl methyl sites for hydroxylation is 1. The first-order valence-corrected chi connectivity index (χ1v) is 6.87. The highest BCUT2D eigenvalue weighted by Crippen LogP contribution is 2.46. The third kappa shape index (κ3) is 3.03. The van der Waals surface area contributed by atoms with Crippen LogP contribution in [0.3, 0.4) is 0 Å². The zero-order valence-corrected chi connectivity index (χ0v) is 12.2. The molecule has 0 saturated heterocycles. The smallest absolute Gasteiger partial charge is 0.306 e. The van der Waals surface area contributed by atoms with Gasteiger partial charge in [-0.2, -0.15) is 0 Å². The highest BCUT2D eigenvalue weighted by Gasteiger charge is 2.46. The minimum atomic E-state index is -0.675. The normalized spacial score (nSPS) is 22.9. The molecule has 4 heteroatoms. The average Bonchev–Trinajstić information content (AvgIpc) is 3.13. The van der Waals surface area contributed by atoms with E-state index in [0.29, 0.717) is 5.92 Å². The van der Waals surface area contributed by atoms with E-state index in [9.17, 15) is 4.79 Å². The van der Waals surface area contributed by atoms with Crippen LogP contribution in [0.5, 0.6) is 5.75 Å². The third-order valence-corrected chi connectivity index (χ3v) is 4.40. The number of halogens is 1. The maximum absolute atomic E-state index is 10.9. The van der Waals surface area contributed by atoms with Crippen LogP contribution in [0, 0.1) is 24.7 Å². The first kappa shape index (κ1) is 14.2. The number of carboxylic acids is 1. The van der Waals surface area contributed by atoms with Crippen molar-refractivity contribution in [2.24, 2.45) is 17.8 Å². The van der Waals surface area contributed by atoms with E-state index >= 15 is 0 Å². The zero-order valence-electron chi connectivity index (χ0n) is 11.4. The molecule has 1 aliphatic carbocycles. The number of ether oxygens (including phenoxy) is 1. The highest BCUT2D eigenvalue weighted by molar-refractivity contribution is 6.31. The minimum Gasteiger partial charge on any atom is -0.496 e. The van der Waals surface area contributed by atoms with Gasteiger partial charge in [0.25, 0.3) is 0 Å². The molecule has 1 fully saturated rings. The molecule has 0 radical (unpaired) electrons. The largest absolute Gasteiger partial charge is 0.496 e. The van der Waals surface area contributed by atoms with E-state index in [1.807, 2.05) is 19.1 Å². The summed E-state index contributed by atoms with van der Waals surface area (Å²) in [7, 11) is 1.65. The molecule has 3 unspecified atom stereocenters. The summed E-state index contributed by atoms with van der Waals surface area (Å²) in [5.41, 5.74) is 2.05. The van der Waals surface area contributed by atoms with Gasteiger partial charge >= 0.3 is 5.97 Å². The molecule has 1 aliphatic rings. The fourth-order valence-corrected chi connectivity index (χ4v) is 2.86. The summed E-state index contributed by atoms with van der Waals surface area (Å²) >= 11 is 6.15. The fourth-order valence-electron chi connectivity index (χ4n) is 2.67. The monoisotopic (exact) mass is 282 g/mol. The van der Waals surface area contributed by atoms with E-state index in [2.05, 4.69) is 6.92 Å². The number of rotatable bonds is 5. The van der Waals surface area contributed by atoms with Gasteiger partial charge in [-0.05, 0) is 54.9 Å². The van der Waals surface area contributed by atoms with Gasteiger partial charge in [0.15, 0.2) is 0 Å². The molecule has 0 aromatic heterocycles. The Labute approximate surface area is 118 Å². The van der Waals surface area contributed by atoms with Crippen LogP contribution in [-0.2, 0) is 11.2 Å². The summed E-state index contributed by atoms with van der Waals surface area (Å²) in [6, 6.07) is 3.87. The van der Waals surface area contributed by atoms with Crippen LogP contribution in [0.15, 0.2) is 12.1 Å². The molecule has 1 aromatic rings. The first-order valence-electron chi connectivity index (χ1n) is 6.49. The van der Waals surface area contributed by atoms with Gasteiger partial charge in [0.05, 0.1) is 13.0 Å². The van der Waals surface area contributed by atoms with Gasteiger partial charge in [0, 0.05) is 5.02 Å². The van der Waals surface area contributed by atoms with E-state index in [4.69, 9.17) is 21.4 Å². The molecule has 104 valence electrons. The Kier molecular flexibility index (Phi) is 4.04. The van der Waals surface area contributed by atoms with Crippen LogP contribution in [0.25, 0.3) is 0 Å². The van der Waals surface area contributed by atoms with Crippen molar-refractivity contribution >= 4 is 17.6 Å². The predicted octanol–water partition coefficient (Wildman–Crippen LogP) is 3.56. The molecule has 1 saturated carbocycles. The van der Waals surface area contributed by atoms with Gasteiger partial charge < -0.3 is 9.84 Å². The lowest BCUT2D eigenvalue weighted by atomic mass is 9.94. The van der Waals surface area contributed by atoms with Crippen molar-refractivity contribution in [2.75, 3.05) is 7.11 Å². The third-order valence-electron chi connectivity index (χ3n) is 3.99. The highest BCUT2D eigenvalue weighted by atomic mass is 35.5. The summed E-state index contributed by atoms with van der Waals surface area (Å²) in [4.78, 5) is 10.9. The average molecular weight is 283 g/mol. The first-order chi connectivity index (χ1) is 8.93. The van der Waals surface area contributed by atoms with E-state index in [1.165, 1.54) is 0 Å². The maximum atomic E-state index is 10.9. The van der Waals surface area contributed by atoms with Crippen molar-refractivity contribution in [3.05, 3.63) is 28.3 Å². The minimum absolute atomic E-state index is 0.165. The van der Waals surface area contributed by atoms with Gasteiger partial charge in [-0.3, -0.25) is 4.79 Å². The van der Waals surface area contributed by atoms with Crippen molar-refractivity contribution in [3.8, 4) is 5.75 Å². The van der Waals surface area contributed by atoms with Crippen LogP contribution in [0.4, 0.5) is 0 Å². The molecule has 1 aromatic carbocycles. The number of benzene rings is 1. The second kappa shape index (κ2) is 5.41. The van der Waals surface area contributed by atoms with Crippen LogP contribution in [-0.4, -0.2) is 18.2 Å². The molecular formula is C15H19ClO3. The van der Waals surface area contributed by atoms with Crippen LogP contribution >= 0.6 is 11.6 Å². The molecule has 0 heterocycles. The lowest BCUT2D eigenvalue weighted by Crippen LogP contribution is -2.09. The Morgan fingerprint density at radius 1 is 1.58 bits per heavy atom. The lowest BCUT2D eigenvalue weighted by Gasteiger charge is -2.15. The van der Waals surface area contributed by atoms with Crippen LogP contribution in [0.1, 0.15) is 24.5 Å². The van der Waals surface area contributed by atoms with Gasteiger partial charge in [0.2, 0.25) is 0 Å². The molecule has 19 heavy (non-hydrogen) atoms. The second-order valence-corrected chi connectivity index (χ2v) is 5.85. The van der Waals surface area contributed by atoms with Gasteiger partial charge in [0.1, 0.15) is 5.75 Å². The van der Waals surface area contributed by atoms with Crippen molar-refractivity contribution in [1.82, 2.24) is 0 Å². The Morgan fingerprint density at radius 3 is 2.79 bits per heavy atom. The molecule has 3 nitrogen and oxygen atoms in total. The van der Waals surface area contributed by atoms with Gasteiger partial charge in [-0.15, -0.1) is 0 Å². The molecule has 1 N–H and O–H groups in total. The Hall–Kier alpha value is -1.22. The number of hydrogen-bond acceptors (Lipinski definition) is 2. The predicted molar refractivity (Wildman–Crippen MR) is 74.8 cm³/mol. The molecule has 0 bridgehead atoms. The number of carbonyl (C=O) groups is 1. The number of carboxylic acid groups (broad SMARTS) is 1. The Balaban J connectivity index is 2.11. The maximum Gasteiger partial charge on any atom is 0.306 e. The summed E-state index contributed by atoms with van der Waals surface area (Å²) in [5.74, 6) is 0.602. The SMILES string of the molecule is COc1cc(C)c(Cl)cc1CC(C)C1CC1C(=O)O. The number of methoxy groups -OCH3 is 1. The standard InChI is InChI=1S/C15H19ClO3/c1-8(11-7-12(11)15(17)18)4-10-6-13(16)9(2)5-14(10)19-3/h5-6,8,11-12H,4,7H2,1-3H3,(H,17,18). The molecule has 0 aliphatic heterocycles. The van der Waals surface area contributed by atoms with E-state index < -0.39 is 5.97 Å². The van der Waals surface area contributed by atoms with Gasteiger partial charge in [-0.1, -0.05) is 18.5 Å². The quantitative estimate of drug-likeness (QED) is 0.898. The number of hydrogen-bond donors (Lipinski definition) is 1. The van der Waals surface area contributed by atoms with Crippen molar-refractivity contribution in [3.63, 3.8) is 0 Å². The van der Waals surface area contributed by atoms with Crippen molar-refractivity contribution < 1.29 is 14.6 Å². The van der Waals surface area contributed by atoms with E-state index in [1.54, 1.807) is 7.11 Å². The second-order valence-electron chi connectivity index (χ2n) is 5.44. The van der Waals surface area contributed by atoms with E-state index in [0.717, 1.165) is 34.7 Å². The topological polar surface area (TPSA) is 46.5 Å². The van der Waals surface area contributed by atoms with Crippen molar-refractivity contribution in [2.45, 2.75) is 26.7 Å². The van der Waals surface area contributed by atoms with Crippen LogP contribution in [0.2, 0.25) is 5.02 Å². The van der Waals surface area contributed by atoms with Crippen LogP contribution < -0.4 is 4.74 Å². The molecular weight excluding hydrogens is 264 g/mol. The number of aliphatic carboxylic acids is 1. The Bertz CT molecular complexity index is 498. The summed E-state index contributed by atoms with van der Waals surface area (Å²) in [5, 5.41) is 9.70. The summed E-state index contributed by atoms with van der Waals surface area (Å²) in [6.07, 6.45) is 1.59. The van der Waals surface area contributed by atoms with E-state index in [-0.39, 0.29) is 11.8 Å². The molecule has 0 amide bonds. The zero-order chi connectivity index (χ0) is 14.2. The van der Waals surface area contributed by atoms with Crippen molar-refractivity contribution in [1.29, 1.82) is 0 Å². The summed E-state index contributed by atoms with van der Waals surface area (Å²) in [6.45, 7) is 4.04. The lowest BCUT2D eigenvalue weighted by molar-refractivity contribution is -0.139. The van der Waals surface area contributed by atoms with Gasteiger partial charge in [-0.25, -0.2) is 0 Å². The molecule has 3 atom stereocenters. The molecule has 2 rings (SSSR count). The molecule has 0 spiro atoms. The summed E-state index contributed by atoms with van der Waals surface area (Å²) < 4.78 is 5.38. The fraction of sp³-hybridized carbons (Fsp3) is 0.533.